The lowest BCUT2D eigenvalue weighted by Gasteiger charge is -2.15. The molecule has 2 aromatic carbocycles. The van der Waals surface area contributed by atoms with Crippen LogP contribution in [0.1, 0.15) is 12.5 Å². The Hall–Kier alpha value is -2.00. The Morgan fingerprint density at radius 2 is 1.71 bits per heavy atom. The number of methoxy groups -OCH3 is 1. The molecule has 0 aliphatic carbocycles. The first kappa shape index (κ1) is 15.4. The summed E-state index contributed by atoms with van der Waals surface area (Å²) in [5, 5.41) is 3.47. The second kappa shape index (κ2) is 8.32. The predicted octanol–water partition coefficient (Wildman–Crippen LogP) is 3.29. The molecule has 112 valence electrons. The van der Waals surface area contributed by atoms with E-state index in [-0.39, 0.29) is 0 Å². The normalized spacial score (nSPS) is 11.9. The second-order valence-electron chi connectivity index (χ2n) is 5.04. The van der Waals surface area contributed by atoms with Gasteiger partial charge in [0.15, 0.2) is 0 Å². The van der Waals surface area contributed by atoms with E-state index < -0.39 is 0 Å². The van der Waals surface area contributed by atoms with Crippen molar-refractivity contribution >= 4 is 0 Å². The first-order valence-corrected chi connectivity index (χ1v) is 7.32. The van der Waals surface area contributed by atoms with Gasteiger partial charge in [0.25, 0.3) is 0 Å². The van der Waals surface area contributed by atoms with Crippen molar-refractivity contribution in [2.75, 3.05) is 20.3 Å². The van der Waals surface area contributed by atoms with Crippen LogP contribution in [0.5, 0.6) is 11.5 Å². The fraction of sp³-hybridized carbons (Fsp3) is 0.333. The Morgan fingerprint density at radius 1 is 1.00 bits per heavy atom. The molecular weight excluding hydrogens is 262 g/mol. The molecule has 0 aromatic heterocycles. The summed E-state index contributed by atoms with van der Waals surface area (Å²) in [5.74, 6) is 1.86. The van der Waals surface area contributed by atoms with Crippen LogP contribution in [0.2, 0.25) is 0 Å². The van der Waals surface area contributed by atoms with Crippen molar-refractivity contribution in [2.45, 2.75) is 19.4 Å². The van der Waals surface area contributed by atoms with Crippen LogP contribution in [0.15, 0.2) is 54.6 Å². The van der Waals surface area contributed by atoms with E-state index in [1.807, 2.05) is 48.5 Å². The van der Waals surface area contributed by atoms with Gasteiger partial charge in [-0.1, -0.05) is 36.4 Å². The van der Waals surface area contributed by atoms with Crippen LogP contribution in [-0.2, 0) is 6.42 Å². The van der Waals surface area contributed by atoms with Crippen LogP contribution < -0.4 is 14.8 Å². The minimum Gasteiger partial charge on any atom is -0.496 e. The maximum absolute atomic E-state index is 5.73. The van der Waals surface area contributed by atoms with Crippen molar-refractivity contribution in [1.29, 1.82) is 0 Å². The van der Waals surface area contributed by atoms with E-state index in [2.05, 4.69) is 18.3 Å². The number of ether oxygens (including phenoxy) is 2. The van der Waals surface area contributed by atoms with Gasteiger partial charge in [0.05, 0.1) is 7.11 Å². The summed E-state index contributed by atoms with van der Waals surface area (Å²) < 4.78 is 11.1. The average Bonchev–Trinajstić information content (AvgIpc) is 2.54. The van der Waals surface area contributed by atoms with Gasteiger partial charge in [0.2, 0.25) is 0 Å². The number of nitrogens with one attached hydrogen (secondary N) is 1. The highest BCUT2D eigenvalue weighted by Crippen LogP contribution is 2.17. The smallest absolute Gasteiger partial charge is 0.122 e. The maximum atomic E-state index is 5.73. The summed E-state index contributed by atoms with van der Waals surface area (Å²) in [6.45, 7) is 3.70. The summed E-state index contributed by atoms with van der Waals surface area (Å²) in [6, 6.07) is 18.3. The highest BCUT2D eigenvalue weighted by atomic mass is 16.5. The number of rotatable bonds is 8. The molecule has 0 aliphatic heterocycles. The third-order valence-electron chi connectivity index (χ3n) is 3.32. The van der Waals surface area contributed by atoms with Gasteiger partial charge in [-0.05, 0) is 43.7 Å². The zero-order chi connectivity index (χ0) is 14.9. The van der Waals surface area contributed by atoms with Gasteiger partial charge in [0, 0.05) is 6.04 Å². The molecule has 0 fully saturated rings. The predicted molar refractivity (Wildman–Crippen MR) is 86.1 cm³/mol. The monoisotopic (exact) mass is 285 g/mol. The van der Waals surface area contributed by atoms with Gasteiger partial charge in [-0.2, -0.15) is 0 Å². The lowest BCUT2D eigenvalue weighted by atomic mass is 10.1. The van der Waals surface area contributed by atoms with Crippen LogP contribution in [0, 0.1) is 0 Å². The molecule has 1 atom stereocenters. The molecule has 0 saturated heterocycles. The standard InChI is InChI=1S/C18H23NO2/c1-15(14-21-17-9-4-3-5-10-17)19-13-12-16-8-6-7-11-18(16)20-2/h3-11,15,19H,12-14H2,1-2H3. The van der Waals surface area contributed by atoms with Crippen molar-refractivity contribution in [3.05, 3.63) is 60.2 Å². The number of benzene rings is 2. The SMILES string of the molecule is COc1ccccc1CCNC(C)COc1ccccc1. The average molecular weight is 285 g/mol. The van der Waals surface area contributed by atoms with Gasteiger partial charge in [-0.3, -0.25) is 0 Å². The van der Waals surface area contributed by atoms with Crippen molar-refractivity contribution in [1.82, 2.24) is 5.32 Å². The molecule has 3 nitrogen and oxygen atoms in total. The van der Waals surface area contributed by atoms with Gasteiger partial charge < -0.3 is 14.8 Å². The number of para-hydroxylation sites is 2. The molecule has 0 bridgehead atoms. The molecule has 2 rings (SSSR count). The largest absolute Gasteiger partial charge is 0.496 e. The maximum Gasteiger partial charge on any atom is 0.122 e. The molecule has 0 amide bonds. The topological polar surface area (TPSA) is 30.5 Å². The number of hydrogen-bond donors (Lipinski definition) is 1. The first-order valence-electron chi connectivity index (χ1n) is 7.32. The Labute approximate surface area is 126 Å². The highest BCUT2D eigenvalue weighted by Gasteiger charge is 2.04. The zero-order valence-corrected chi connectivity index (χ0v) is 12.7. The van der Waals surface area contributed by atoms with Gasteiger partial charge in [-0.25, -0.2) is 0 Å². The van der Waals surface area contributed by atoms with E-state index in [4.69, 9.17) is 9.47 Å². The molecule has 21 heavy (non-hydrogen) atoms. The minimum absolute atomic E-state index is 0.305. The van der Waals surface area contributed by atoms with E-state index in [0.717, 1.165) is 24.5 Å². The molecule has 3 heteroatoms. The van der Waals surface area contributed by atoms with Crippen LogP contribution in [0.3, 0.4) is 0 Å². The van der Waals surface area contributed by atoms with E-state index in [0.29, 0.717) is 12.6 Å². The summed E-state index contributed by atoms with van der Waals surface area (Å²) in [6.07, 6.45) is 0.944. The quantitative estimate of drug-likeness (QED) is 0.807. The Kier molecular flexibility index (Phi) is 6.10. The van der Waals surface area contributed by atoms with Crippen LogP contribution >= 0.6 is 0 Å². The van der Waals surface area contributed by atoms with E-state index in [1.165, 1.54) is 5.56 Å². The van der Waals surface area contributed by atoms with Crippen molar-refractivity contribution < 1.29 is 9.47 Å². The Morgan fingerprint density at radius 3 is 2.48 bits per heavy atom. The second-order valence-corrected chi connectivity index (χ2v) is 5.04. The van der Waals surface area contributed by atoms with Crippen molar-refractivity contribution in [3.8, 4) is 11.5 Å². The molecule has 1 N–H and O–H groups in total. The summed E-state index contributed by atoms with van der Waals surface area (Å²) in [7, 11) is 1.71. The zero-order valence-electron chi connectivity index (χ0n) is 12.7. The van der Waals surface area contributed by atoms with E-state index in [9.17, 15) is 0 Å². The summed E-state index contributed by atoms with van der Waals surface area (Å²) in [4.78, 5) is 0. The van der Waals surface area contributed by atoms with Crippen molar-refractivity contribution in [2.24, 2.45) is 0 Å². The first-order chi connectivity index (χ1) is 10.3. The van der Waals surface area contributed by atoms with Gasteiger partial charge >= 0.3 is 0 Å². The fourth-order valence-corrected chi connectivity index (χ4v) is 2.16. The van der Waals surface area contributed by atoms with E-state index >= 15 is 0 Å². The lowest BCUT2D eigenvalue weighted by Crippen LogP contribution is -2.33. The van der Waals surface area contributed by atoms with Crippen LogP contribution in [0.4, 0.5) is 0 Å². The lowest BCUT2D eigenvalue weighted by molar-refractivity contribution is 0.274. The molecule has 0 heterocycles. The molecular formula is C18H23NO2. The molecule has 1 unspecified atom stereocenters. The fourth-order valence-electron chi connectivity index (χ4n) is 2.16. The third kappa shape index (κ3) is 5.12. The van der Waals surface area contributed by atoms with Crippen molar-refractivity contribution in [3.63, 3.8) is 0 Å². The summed E-state index contributed by atoms with van der Waals surface area (Å²) >= 11 is 0. The molecule has 0 aliphatic rings. The van der Waals surface area contributed by atoms with E-state index in [1.54, 1.807) is 7.11 Å². The molecule has 0 radical (unpaired) electrons. The Bertz CT molecular complexity index is 528. The highest BCUT2D eigenvalue weighted by molar-refractivity contribution is 5.33. The summed E-state index contributed by atoms with van der Waals surface area (Å²) in [5.41, 5.74) is 1.23. The molecule has 0 saturated carbocycles. The third-order valence-corrected chi connectivity index (χ3v) is 3.32. The van der Waals surface area contributed by atoms with Gasteiger partial charge in [0.1, 0.15) is 18.1 Å². The Balaban J connectivity index is 1.70. The van der Waals surface area contributed by atoms with Crippen LogP contribution in [-0.4, -0.2) is 26.3 Å². The number of hydrogen-bond acceptors (Lipinski definition) is 3. The van der Waals surface area contributed by atoms with Crippen LogP contribution in [0.25, 0.3) is 0 Å². The minimum atomic E-state index is 0.305. The molecule has 2 aromatic rings. The molecule has 0 spiro atoms. The van der Waals surface area contributed by atoms with Gasteiger partial charge in [-0.15, -0.1) is 0 Å².